The molecule has 0 saturated heterocycles. The molecule has 0 radical (unpaired) electrons. The number of nitrogens with one attached hydrogen (secondary N) is 1. The zero-order chi connectivity index (χ0) is 10.7. The number of aromatic nitrogens is 2. The number of hydrogen-bond donors (Lipinski definition) is 2. The van der Waals surface area contributed by atoms with Gasteiger partial charge in [0, 0.05) is 17.1 Å². The van der Waals surface area contributed by atoms with E-state index in [1.54, 1.807) is 0 Å². The van der Waals surface area contributed by atoms with Gasteiger partial charge in [-0.1, -0.05) is 34.8 Å². The van der Waals surface area contributed by atoms with Gasteiger partial charge in [-0.15, -0.1) is 5.10 Å². The normalized spacial score (nSPS) is 9.87. The van der Waals surface area contributed by atoms with Crippen molar-refractivity contribution in [2.75, 3.05) is 5.32 Å². The van der Waals surface area contributed by atoms with Crippen LogP contribution in [0.2, 0.25) is 0 Å². The highest BCUT2D eigenvalue weighted by Gasteiger charge is 2.10. The van der Waals surface area contributed by atoms with Gasteiger partial charge < -0.3 is 5.73 Å². The van der Waals surface area contributed by atoms with Crippen LogP contribution in [0.1, 0.15) is 0 Å². The van der Waals surface area contributed by atoms with Gasteiger partial charge in [-0.05, 0) is 0 Å². The Balaban J connectivity index is 2.37. The van der Waals surface area contributed by atoms with Gasteiger partial charge in [0.2, 0.25) is 0 Å². The summed E-state index contributed by atoms with van der Waals surface area (Å²) in [4.78, 5) is 10.7. The minimum Gasteiger partial charge on any atom is -0.351 e. The van der Waals surface area contributed by atoms with Crippen molar-refractivity contribution in [2.24, 2.45) is 5.73 Å². The highest BCUT2D eigenvalue weighted by atomic mass is 32.1. The van der Waals surface area contributed by atoms with Crippen molar-refractivity contribution in [2.45, 2.75) is 0 Å². The molecular weight excluding hydrogens is 212 g/mol. The van der Waals surface area contributed by atoms with Crippen molar-refractivity contribution in [3.05, 3.63) is 30.3 Å². The molecule has 0 aliphatic carbocycles. The molecule has 0 unspecified atom stereocenters. The molecule has 0 aliphatic rings. The van der Waals surface area contributed by atoms with Crippen LogP contribution in [-0.2, 0) is 0 Å². The second-order valence-electron chi connectivity index (χ2n) is 2.81. The maximum atomic E-state index is 10.7. The Morgan fingerprint density at radius 2 is 2.07 bits per heavy atom. The topological polar surface area (TPSA) is 80.9 Å². The smallest absolute Gasteiger partial charge is 0.317 e. The third-order valence-corrected chi connectivity index (χ3v) is 2.41. The monoisotopic (exact) mass is 220 g/mol. The first-order valence-electron chi connectivity index (χ1n) is 4.21. The van der Waals surface area contributed by atoms with Crippen LogP contribution in [0.15, 0.2) is 30.3 Å². The van der Waals surface area contributed by atoms with Crippen LogP contribution in [0.4, 0.5) is 9.80 Å². The summed E-state index contributed by atoms with van der Waals surface area (Å²) in [7, 11) is 0. The molecule has 76 valence electrons. The molecule has 0 aliphatic heterocycles. The Kier molecular flexibility index (Phi) is 2.59. The number of carbonyl (C=O) groups is 1. The number of anilines is 1. The van der Waals surface area contributed by atoms with Gasteiger partial charge in [-0.2, -0.15) is 0 Å². The Labute approximate surface area is 90.1 Å². The minimum atomic E-state index is -0.613. The van der Waals surface area contributed by atoms with E-state index in [2.05, 4.69) is 14.9 Å². The van der Waals surface area contributed by atoms with E-state index in [4.69, 9.17) is 5.73 Å². The van der Waals surface area contributed by atoms with Crippen molar-refractivity contribution in [3.8, 4) is 11.3 Å². The molecule has 1 aromatic heterocycles. The Bertz CT molecular complexity index is 468. The van der Waals surface area contributed by atoms with E-state index in [1.165, 1.54) is 0 Å². The third-order valence-electron chi connectivity index (χ3n) is 1.77. The number of carbonyl (C=O) groups excluding carboxylic acids is 1. The quantitative estimate of drug-likeness (QED) is 0.808. The molecule has 0 atom stereocenters. The lowest BCUT2D eigenvalue weighted by molar-refractivity contribution is 0.259. The molecule has 3 N–H and O–H groups in total. The molecule has 0 fully saturated rings. The fourth-order valence-corrected chi connectivity index (χ4v) is 1.76. The maximum Gasteiger partial charge on any atom is 0.317 e. The molecule has 1 heterocycles. The zero-order valence-electron chi connectivity index (χ0n) is 7.68. The van der Waals surface area contributed by atoms with Crippen molar-refractivity contribution in [1.29, 1.82) is 0 Å². The highest BCUT2D eigenvalue weighted by molar-refractivity contribution is 7.10. The second-order valence-corrected chi connectivity index (χ2v) is 3.56. The summed E-state index contributed by atoms with van der Waals surface area (Å²) in [5, 5.41) is 6.99. The number of amides is 2. The fraction of sp³-hybridized carbons (Fsp3) is 0. The van der Waals surface area contributed by atoms with Crippen molar-refractivity contribution >= 4 is 22.6 Å². The van der Waals surface area contributed by atoms with E-state index in [9.17, 15) is 4.79 Å². The van der Waals surface area contributed by atoms with Crippen LogP contribution in [0.3, 0.4) is 0 Å². The molecule has 1 aromatic carbocycles. The van der Waals surface area contributed by atoms with Crippen molar-refractivity contribution in [3.63, 3.8) is 0 Å². The molecule has 6 heteroatoms. The predicted molar refractivity (Wildman–Crippen MR) is 58.6 cm³/mol. The van der Waals surface area contributed by atoms with E-state index in [1.807, 2.05) is 30.3 Å². The lowest BCUT2D eigenvalue weighted by Gasteiger charge is -2.00. The van der Waals surface area contributed by atoms with Gasteiger partial charge in [0.15, 0.2) is 0 Å². The number of nitrogens with zero attached hydrogens (tertiary/aromatic N) is 2. The summed E-state index contributed by atoms with van der Waals surface area (Å²) in [6, 6.07) is 8.86. The molecule has 15 heavy (non-hydrogen) atoms. The maximum absolute atomic E-state index is 10.7. The van der Waals surface area contributed by atoms with Gasteiger partial charge in [0.05, 0.1) is 0 Å². The van der Waals surface area contributed by atoms with Crippen LogP contribution >= 0.6 is 11.5 Å². The number of benzene rings is 1. The summed E-state index contributed by atoms with van der Waals surface area (Å²) >= 11 is 1.10. The standard InChI is InChI=1S/C9H8N4OS/c10-9(14)11-8-7(12-13-15-8)6-4-2-1-3-5-6/h1-5H,(H3,10,11,14). The molecule has 5 nitrogen and oxygen atoms in total. The lowest BCUT2D eigenvalue weighted by Crippen LogP contribution is -2.18. The third kappa shape index (κ3) is 2.10. The van der Waals surface area contributed by atoms with Gasteiger partial charge in [-0.3, -0.25) is 5.32 Å². The number of primary amides is 1. The van der Waals surface area contributed by atoms with Crippen molar-refractivity contribution < 1.29 is 4.79 Å². The first-order chi connectivity index (χ1) is 7.27. The van der Waals surface area contributed by atoms with E-state index in [-0.39, 0.29) is 0 Å². The van der Waals surface area contributed by atoms with Crippen LogP contribution in [0, 0.1) is 0 Å². The number of nitrogens with two attached hydrogens (primary N) is 1. The van der Waals surface area contributed by atoms with Gasteiger partial charge in [-0.25, -0.2) is 4.79 Å². The number of urea groups is 1. The van der Waals surface area contributed by atoms with E-state index >= 15 is 0 Å². The Hall–Kier alpha value is -1.95. The van der Waals surface area contributed by atoms with E-state index in [0.717, 1.165) is 17.1 Å². The first-order valence-corrected chi connectivity index (χ1v) is 4.99. The Morgan fingerprint density at radius 1 is 1.33 bits per heavy atom. The van der Waals surface area contributed by atoms with Gasteiger partial charge in [0.1, 0.15) is 10.7 Å². The Morgan fingerprint density at radius 3 is 2.73 bits per heavy atom. The van der Waals surface area contributed by atoms with Crippen LogP contribution < -0.4 is 11.1 Å². The van der Waals surface area contributed by atoms with Crippen molar-refractivity contribution in [1.82, 2.24) is 9.59 Å². The van der Waals surface area contributed by atoms with Crippen LogP contribution in [-0.4, -0.2) is 15.6 Å². The average molecular weight is 220 g/mol. The largest absolute Gasteiger partial charge is 0.351 e. The van der Waals surface area contributed by atoms with E-state index in [0.29, 0.717) is 10.7 Å². The van der Waals surface area contributed by atoms with Gasteiger partial charge in [0.25, 0.3) is 0 Å². The van der Waals surface area contributed by atoms with Crippen LogP contribution in [0.25, 0.3) is 11.3 Å². The molecule has 2 amide bonds. The predicted octanol–water partition coefficient (Wildman–Crippen LogP) is 1.70. The van der Waals surface area contributed by atoms with Gasteiger partial charge >= 0.3 is 6.03 Å². The summed E-state index contributed by atoms with van der Waals surface area (Å²) in [6.45, 7) is 0. The summed E-state index contributed by atoms with van der Waals surface area (Å²) in [5.41, 5.74) is 6.57. The fourth-order valence-electron chi connectivity index (χ4n) is 1.17. The summed E-state index contributed by atoms with van der Waals surface area (Å²) in [6.07, 6.45) is 0. The summed E-state index contributed by atoms with van der Waals surface area (Å²) < 4.78 is 3.77. The zero-order valence-corrected chi connectivity index (χ0v) is 8.49. The lowest BCUT2D eigenvalue weighted by atomic mass is 10.2. The summed E-state index contributed by atoms with van der Waals surface area (Å²) in [5.74, 6) is 0. The van der Waals surface area contributed by atoms with E-state index < -0.39 is 6.03 Å². The number of rotatable bonds is 2. The first kappa shape index (κ1) is 9.60. The molecule has 0 bridgehead atoms. The molecular formula is C9H8N4OS. The highest BCUT2D eigenvalue weighted by Crippen LogP contribution is 2.27. The minimum absolute atomic E-state index is 0.564. The molecule has 2 aromatic rings. The average Bonchev–Trinajstić information content (AvgIpc) is 2.66. The molecule has 2 rings (SSSR count). The molecule has 0 saturated carbocycles. The van der Waals surface area contributed by atoms with Crippen LogP contribution in [0.5, 0.6) is 0 Å². The number of hydrogen-bond acceptors (Lipinski definition) is 4. The molecule has 0 spiro atoms. The second kappa shape index (κ2) is 4.05. The SMILES string of the molecule is NC(=O)Nc1snnc1-c1ccccc1.